The topological polar surface area (TPSA) is 78.6 Å². The van der Waals surface area contributed by atoms with Crippen molar-refractivity contribution < 1.29 is 19.1 Å². The molecule has 0 saturated carbocycles. The molecule has 5 heteroatoms. The molecule has 110 valence electrons. The van der Waals surface area contributed by atoms with Crippen LogP contribution in [0.3, 0.4) is 0 Å². The van der Waals surface area contributed by atoms with E-state index in [4.69, 9.17) is 15.2 Å². The van der Waals surface area contributed by atoms with Crippen LogP contribution in [0.2, 0.25) is 0 Å². The fraction of sp³-hybridized carbons (Fsp3) is 0.714. The van der Waals surface area contributed by atoms with Gasteiger partial charge in [-0.05, 0) is 18.8 Å². The van der Waals surface area contributed by atoms with Crippen molar-refractivity contribution in [3.8, 4) is 0 Å². The van der Waals surface area contributed by atoms with E-state index in [1.807, 2.05) is 20.8 Å². The third kappa shape index (κ3) is 6.96. The first-order valence-corrected chi connectivity index (χ1v) is 6.31. The van der Waals surface area contributed by atoms with Gasteiger partial charge in [-0.15, -0.1) is 0 Å². The SMILES string of the molecule is C=CC(=O)OCCOC(=O)C(C)(CN)CC(C)(C)C. The molecule has 0 bridgehead atoms. The summed E-state index contributed by atoms with van der Waals surface area (Å²) in [5.74, 6) is -0.896. The highest BCUT2D eigenvalue weighted by atomic mass is 16.6. The summed E-state index contributed by atoms with van der Waals surface area (Å²) in [7, 11) is 0. The lowest BCUT2D eigenvalue weighted by molar-refractivity contribution is -0.159. The first-order valence-electron chi connectivity index (χ1n) is 6.31. The molecule has 5 nitrogen and oxygen atoms in total. The smallest absolute Gasteiger partial charge is 0.330 e. The third-order valence-electron chi connectivity index (χ3n) is 2.59. The number of ether oxygens (including phenoxy) is 2. The molecule has 0 fully saturated rings. The highest BCUT2D eigenvalue weighted by Gasteiger charge is 2.37. The van der Waals surface area contributed by atoms with E-state index >= 15 is 0 Å². The Bertz CT molecular complexity index is 333. The monoisotopic (exact) mass is 271 g/mol. The van der Waals surface area contributed by atoms with E-state index in [2.05, 4.69) is 6.58 Å². The zero-order chi connectivity index (χ0) is 15.1. The van der Waals surface area contributed by atoms with Crippen molar-refractivity contribution in [1.82, 2.24) is 0 Å². The Morgan fingerprint density at radius 2 is 1.68 bits per heavy atom. The second-order valence-electron chi connectivity index (χ2n) is 6.01. The van der Waals surface area contributed by atoms with E-state index in [9.17, 15) is 9.59 Å². The standard InChI is InChI=1S/C14H25NO4/c1-6-11(16)18-7-8-19-12(17)14(5,10-15)9-13(2,3)4/h6H,1,7-10,15H2,2-5H3. The summed E-state index contributed by atoms with van der Waals surface area (Å²) in [6, 6.07) is 0. The first kappa shape index (κ1) is 17.6. The first-order chi connectivity index (χ1) is 8.64. The van der Waals surface area contributed by atoms with Crippen molar-refractivity contribution in [3.05, 3.63) is 12.7 Å². The molecular formula is C14H25NO4. The minimum atomic E-state index is -0.722. The molecule has 2 N–H and O–H groups in total. The van der Waals surface area contributed by atoms with Crippen molar-refractivity contribution in [2.45, 2.75) is 34.1 Å². The number of carbonyl (C=O) groups is 2. The number of hydrogen-bond donors (Lipinski definition) is 1. The summed E-state index contributed by atoms with van der Waals surface area (Å²) in [6.07, 6.45) is 1.69. The number of esters is 2. The summed E-state index contributed by atoms with van der Waals surface area (Å²) in [4.78, 5) is 22.8. The second kappa shape index (κ2) is 7.28. The molecule has 1 atom stereocenters. The van der Waals surface area contributed by atoms with E-state index in [1.54, 1.807) is 6.92 Å². The number of carbonyl (C=O) groups excluding carboxylic acids is 2. The largest absolute Gasteiger partial charge is 0.462 e. The van der Waals surface area contributed by atoms with Crippen LogP contribution in [-0.4, -0.2) is 31.7 Å². The number of rotatable bonds is 7. The third-order valence-corrected chi connectivity index (χ3v) is 2.59. The lowest BCUT2D eigenvalue weighted by Crippen LogP contribution is -2.40. The summed E-state index contributed by atoms with van der Waals surface area (Å²) in [5.41, 5.74) is 4.94. The van der Waals surface area contributed by atoms with Crippen LogP contribution in [0.5, 0.6) is 0 Å². The predicted molar refractivity (Wildman–Crippen MR) is 73.3 cm³/mol. The summed E-state index contributed by atoms with van der Waals surface area (Å²) in [6.45, 7) is 11.4. The Morgan fingerprint density at radius 3 is 2.11 bits per heavy atom. The Labute approximate surface area is 115 Å². The van der Waals surface area contributed by atoms with E-state index in [0.29, 0.717) is 6.42 Å². The molecule has 0 aromatic rings. The normalized spacial score (nSPS) is 14.4. The number of nitrogens with two attached hydrogens (primary N) is 1. The maximum Gasteiger partial charge on any atom is 0.330 e. The van der Waals surface area contributed by atoms with Gasteiger partial charge in [-0.25, -0.2) is 4.79 Å². The molecule has 19 heavy (non-hydrogen) atoms. The van der Waals surface area contributed by atoms with Gasteiger partial charge in [0.15, 0.2) is 0 Å². The van der Waals surface area contributed by atoms with Crippen molar-refractivity contribution in [3.63, 3.8) is 0 Å². The summed E-state index contributed by atoms with van der Waals surface area (Å²) in [5, 5.41) is 0. The summed E-state index contributed by atoms with van der Waals surface area (Å²) < 4.78 is 9.83. The van der Waals surface area contributed by atoms with Gasteiger partial charge in [0.05, 0.1) is 5.41 Å². The maximum absolute atomic E-state index is 12.0. The van der Waals surface area contributed by atoms with Gasteiger partial charge in [0.2, 0.25) is 0 Å². The van der Waals surface area contributed by atoms with Crippen LogP contribution >= 0.6 is 0 Å². The van der Waals surface area contributed by atoms with E-state index < -0.39 is 11.4 Å². The van der Waals surface area contributed by atoms with Gasteiger partial charge in [0.1, 0.15) is 13.2 Å². The van der Waals surface area contributed by atoms with Gasteiger partial charge in [-0.1, -0.05) is 27.4 Å². The van der Waals surface area contributed by atoms with Crippen LogP contribution < -0.4 is 5.73 Å². The zero-order valence-corrected chi connectivity index (χ0v) is 12.3. The molecular weight excluding hydrogens is 246 g/mol. The van der Waals surface area contributed by atoms with Crippen molar-refractivity contribution in [2.24, 2.45) is 16.6 Å². The van der Waals surface area contributed by atoms with Gasteiger partial charge in [-0.2, -0.15) is 0 Å². The van der Waals surface area contributed by atoms with Crippen molar-refractivity contribution in [2.75, 3.05) is 19.8 Å². The van der Waals surface area contributed by atoms with Crippen LogP contribution in [0.15, 0.2) is 12.7 Å². The average molecular weight is 271 g/mol. The van der Waals surface area contributed by atoms with E-state index in [0.717, 1.165) is 6.08 Å². The lowest BCUT2D eigenvalue weighted by atomic mass is 9.75. The predicted octanol–water partition coefficient (Wildman–Crippen LogP) is 1.66. The highest BCUT2D eigenvalue weighted by molar-refractivity contribution is 5.81. The molecule has 0 aliphatic heterocycles. The lowest BCUT2D eigenvalue weighted by Gasteiger charge is -2.32. The van der Waals surface area contributed by atoms with Gasteiger partial charge in [0, 0.05) is 12.6 Å². The molecule has 0 aromatic heterocycles. The quantitative estimate of drug-likeness (QED) is 0.433. The molecule has 0 aliphatic rings. The van der Waals surface area contributed by atoms with Crippen LogP contribution in [-0.2, 0) is 19.1 Å². The Balaban J connectivity index is 4.29. The van der Waals surface area contributed by atoms with Gasteiger partial charge < -0.3 is 15.2 Å². The van der Waals surface area contributed by atoms with Gasteiger partial charge >= 0.3 is 11.9 Å². The Kier molecular flexibility index (Phi) is 6.76. The second-order valence-corrected chi connectivity index (χ2v) is 6.01. The minimum absolute atomic E-state index is 0.0206. The molecule has 1 unspecified atom stereocenters. The molecule has 0 spiro atoms. The van der Waals surface area contributed by atoms with Crippen LogP contribution in [0.1, 0.15) is 34.1 Å². The molecule has 0 saturated heterocycles. The Hall–Kier alpha value is -1.36. The average Bonchev–Trinajstić information content (AvgIpc) is 2.31. The summed E-state index contributed by atoms with van der Waals surface area (Å²) >= 11 is 0. The highest BCUT2D eigenvalue weighted by Crippen LogP contribution is 2.33. The number of hydrogen-bond acceptors (Lipinski definition) is 5. The van der Waals surface area contributed by atoms with E-state index in [1.165, 1.54) is 0 Å². The fourth-order valence-corrected chi connectivity index (χ4v) is 1.91. The molecule has 0 radical (unpaired) electrons. The fourth-order valence-electron chi connectivity index (χ4n) is 1.91. The zero-order valence-electron chi connectivity index (χ0n) is 12.3. The van der Waals surface area contributed by atoms with Crippen LogP contribution in [0.4, 0.5) is 0 Å². The van der Waals surface area contributed by atoms with Gasteiger partial charge in [-0.3, -0.25) is 4.79 Å². The Morgan fingerprint density at radius 1 is 1.16 bits per heavy atom. The molecule has 0 aliphatic carbocycles. The van der Waals surface area contributed by atoms with Crippen molar-refractivity contribution >= 4 is 11.9 Å². The van der Waals surface area contributed by atoms with Crippen LogP contribution in [0, 0.1) is 10.8 Å². The maximum atomic E-state index is 12.0. The van der Waals surface area contributed by atoms with Crippen molar-refractivity contribution in [1.29, 1.82) is 0 Å². The molecule has 0 heterocycles. The van der Waals surface area contributed by atoms with Crippen LogP contribution in [0.25, 0.3) is 0 Å². The molecule has 0 aromatic carbocycles. The van der Waals surface area contributed by atoms with Gasteiger partial charge in [0.25, 0.3) is 0 Å². The minimum Gasteiger partial charge on any atom is -0.462 e. The molecule has 0 rings (SSSR count). The van der Waals surface area contributed by atoms with E-state index in [-0.39, 0.29) is 31.1 Å². The molecule has 0 amide bonds.